The summed E-state index contributed by atoms with van der Waals surface area (Å²) in [6.45, 7) is 11.8. The SMILES string of the molecule is CC(C)C(=Cc1c(Cl)nc2sccn12)CNC(C)(C)C. The minimum Gasteiger partial charge on any atom is -0.308 e. The molecule has 0 atom stereocenters. The highest BCUT2D eigenvalue weighted by molar-refractivity contribution is 7.15. The molecular formula is C15H22ClN3S. The predicted molar refractivity (Wildman–Crippen MR) is 88.6 cm³/mol. The molecule has 0 aliphatic heterocycles. The maximum absolute atomic E-state index is 6.26. The maximum atomic E-state index is 6.26. The maximum Gasteiger partial charge on any atom is 0.195 e. The van der Waals surface area contributed by atoms with Crippen molar-refractivity contribution in [3.63, 3.8) is 0 Å². The lowest BCUT2D eigenvalue weighted by Gasteiger charge is -2.23. The van der Waals surface area contributed by atoms with E-state index in [-0.39, 0.29) is 5.54 Å². The van der Waals surface area contributed by atoms with Gasteiger partial charge in [0.15, 0.2) is 10.1 Å². The number of aromatic nitrogens is 2. The van der Waals surface area contributed by atoms with Crippen molar-refractivity contribution in [3.05, 3.63) is 28.0 Å². The van der Waals surface area contributed by atoms with Crippen LogP contribution in [0.25, 0.3) is 11.0 Å². The quantitative estimate of drug-likeness (QED) is 0.902. The number of thiazole rings is 1. The molecule has 0 unspecified atom stereocenters. The molecule has 20 heavy (non-hydrogen) atoms. The molecule has 0 saturated carbocycles. The number of nitrogens with one attached hydrogen (secondary N) is 1. The number of fused-ring (bicyclic) bond motifs is 1. The Morgan fingerprint density at radius 1 is 1.50 bits per heavy atom. The molecule has 0 aliphatic carbocycles. The molecule has 0 aliphatic rings. The molecule has 0 aromatic carbocycles. The van der Waals surface area contributed by atoms with Crippen LogP contribution in [-0.2, 0) is 0 Å². The second-order valence-corrected chi connectivity index (χ2v) is 7.55. The Morgan fingerprint density at radius 3 is 2.80 bits per heavy atom. The summed E-state index contributed by atoms with van der Waals surface area (Å²) >= 11 is 7.86. The highest BCUT2D eigenvalue weighted by Gasteiger charge is 2.14. The molecule has 2 rings (SSSR count). The second kappa shape index (κ2) is 5.88. The van der Waals surface area contributed by atoms with Gasteiger partial charge in [-0.1, -0.05) is 31.0 Å². The fourth-order valence-electron chi connectivity index (χ4n) is 1.87. The normalized spacial score (nSPS) is 13.7. The molecule has 1 N–H and O–H groups in total. The van der Waals surface area contributed by atoms with Crippen LogP contribution in [0.2, 0.25) is 5.15 Å². The fraction of sp³-hybridized carbons (Fsp3) is 0.533. The van der Waals surface area contributed by atoms with Gasteiger partial charge in [0.25, 0.3) is 0 Å². The molecule has 0 fully saturated rings. The number of hydrogen-bond acceptors (Lipinski definition) is 3. The zero-order valence-corrected chi connectivity index (χ0v) is 14.3. The first kappa shape index (κ1) is 15.5. The highest BCUT2D eigenvalue weighted by Crippen LogP contribution is 2.25. The van der Waals surface area contributed by atoms with E-state index in [1.165, 1.54) is 5.57 Å². The van der Waals surface area contributed by atoms with Crippen molar-refractivity contribution in [2.45, 2.75) is 40.2 Å². The summed E-state index contributed by atoms with van der Waals surface area (Å²) in [5.74, 6) is 0.463. The third-order valence-electron chi connectivity index (χ3n) is 3.14. The highest BCUT2D eigenvalue weighted by atomic mass is 35.5. The topological polar surface area (TPSA) is 29.3 Å². The van der Waals surface area contributed by atoms with E-state index < -0.39 is 0 Å². The van der Waals surface area contributed by atoms with Gasteiger partial charge in [-0.15, -0.1) is 11.3 Å². The van der Waals surface area contributed by atoms with Crippen molar-refractivity contribution in [2.75, 3.05) is 6.54 Å². The average molecular weight is 312 g/mol. The summed E-state index contributed by atoms with van der Waals surface area (Å²) in [6.07, 6.45) is 4.18. The lowest BCUT2D eigenvalue weighted by atomic mass is 10.0. The second-order valence-electron chi connectivity index (χ2n) is 6.32. The van der Waals surface area contributed by atoms with Crippen molar-refractivity contribution in [3.8, 4) is 0 Å². The van der Waals surface area contributed by atoms with Crippen LogP contribution in [0, 0.1) is 5.92 Å². The van der Waals surface area contributed by atoms with E-state index in [1.807, 2.05) is 16.0 Å². The summed E-state index contributed by atoms with van der Waals surface area (Å²) in [5.41, 5.74) is 2.41. The zero-order chi connectivity index (χ0) is 14.9. The van der Waals surface area contributed by atoms with Crippen LogP contribution < -0.4 is 5.32 Å². The molecule has 0 bridgehead atoms. The van der Waals surface area contributed by atoms with Gasteiger partial charge in [-0.05, 0) is 32.8 Å². The van der Waals surface area contributed by atoms with Gasteiger partial charge in [-0.3, -0.25) is 4.40 Å². The molecule has 0 saturated heterocycles. The van der Waals surface area contributed by atoms with Gasteiger partial charge in [-0.25, -0.2) is 4.98 Å². The van der Waals surface area contributed by atoms with Crippen LogP contribution in [0.15, 0.2) is 17.2 Å². The average Bonchev–Trinajstić information content (AvgIpc) is 2.84. The van der Waals surface area contributed by atoms with Crippen LogP contribution in [0.4, 0.5) is 0 Å². The van der Waals surface area contributed by atoms with Gasteiger partial charge in [0.05, 0.1) is 5.69 Å². The van der Waals surface area contributed by atoms with Crippen molar-refractivity contribution < 1.29 is 0 Å². The molecule has 2 aromatic rings. The molecule has 0 amide bonds. The molecule has 2 aromatic heterocycles. The van der Waals surface area contributed by atoms with E-state index in [2.05, 4.69) is 51.0 Å². The van der Waals surface area contributed by atoms with Crippen molar-refractivity contribution in [2.24, 2.45) is 5.92 Å². The molecule has 2 heterocycles. The first-order valence-electron chi connectivity index (χ1n) is 6.84. The fourth-order valence-corrected chi connectivity index (χ4v) is 2.87. The van der Waals surface area contributed by atoms with Gasteiger partial charge >= 0.3 is 0 Å². The van der Waals surface area contributed by atoms with E-state index in [4.69, 9.17) is 11.6 Å². The van der Waals surface area contributed by atoms with E-state index in [1.54, 1.807) is 11.3 Å². The number of nitrogens with zero attached hydrogens (tertiary/aromatic N) is 2. The summed E-state index contributed by atoms with van der Waals surface area (Å²) in [6, 6.07) is 0. The van der Waals surface area contributed by atoms with Crippen LogP contribution in [0.5, 0.6) is 0 Å². The minimum atomic E-state index is 0.104. The predicted octanol–water partition coefficient (Wildman–Crippen LogP) is 4.48. The Morgan fingerprint density at radius 2 is 2.20 bits per heavy atom. The van der Waals surface area contributed by atoms with E-state index in [9.17, 15) is 0 Å². The van der Waals surface area contributed by atoms with Gasteiger partial charge in [0.1, 0.15) is 0 Å². The standard InChI is InChI=1S/C15H22ClN3S/c1-10(2)11(9-17-15(3,4)5)8-12-13(16)18-14-19(12)6-7-20-14/h6-8,10,17H,9H2,1-5H3. The van der Waals surface area contributed by atoms with Gasteiger partial charge in [0, 0.05) is 23.7 Å². The van der Waals surface area contributed by atoms with Crippen molar-refractivity contribution in [1.82, 2.24) is 14.7 Å². The Hall–Kier alpha value is -0.840. The van der Waals surface area contributed by atoms with Crippen molar-refractivity contribution in [1.29, 1.82) is 0 Å². The number of imidazole rings is 1. The van der Waals surface area contributed by atoms with Crippen LogP contribution in [0.1, 0.15) is 40.3 Å². The Labute approximate surface area is 129 Å². The lowest BCUT2D eigenvalue weighted by Crippen LogP contribution is -2.37. The lowest BCUT2D eigenvalue weighted by molar-refractivity contribution is 0.437. The molecule has 0 radical (unpaired) electrons. The third-order valence-corrected chi connectivity index (χ3v) is 4.18. The molecule has 5 heteroatoms. The Balaban J connectivity index is 2.33. The number of halogens is 1. The van der Waals surface area contributed by atoms with Crippen LogP contribution >= 0.6 is 22.9 Å². The zero-order valence-electron chi connectivity index (χ0n) is 12.7. The first-order valence-corrected chi connectivity index (χ1v) is 8.10. The molecular weight excluding hydrogens is 290 g/mol. The largest absolute Gasteiger partial charge is 0.308 e. The Kier molecular flexibility index (Phi) is 4.57. The van der Waals surface area contributed by atoms with Crippen LogP contribution in [0.3, 0.4) is 0 Å². The summed E-state index contributed by atoms with van der Waals surface area (Å²) in [4.78, 5) is 5.31. The van der Waals surface area contributed by atoms with Gasteiger partial charge in [-0.2, -0.15) is 0 Å². The van der Waals surface area contributed by atoms with Crippen LogP contribution in [-0.4, -0.2) is 21.5 Å². The third kappa shape index (κ3) is 3.62. The summed E-state index contributed by atoms with van der Waals surface area (Å²) in [5, 5.41) is 6.14. The summed E-state index contributed by atoms with van der Waals surface area (Å²) < 4.78 is 2.05. The number of rotatable bonds is 4. The first-order chi connectivity index (χ1) is 9.28. The molecule has 110 valence electrons. The van der Waals surface area contributed by atoms with E-state index in [0.29, 0.717) is 11.1 Å². The van der Waals surface area contributed by atoms with Crippen molar-refractivity contribution >= 4 is 34.0 Å². The molecule has 3 nitrogen and oxygen atoms in total. The monoisotopic (exact) mass is 311 g/mol. The number of hydrogen-bond donors (Lipinski definition) is 1. The van der Waals surface area contributed by atoms with E-state index in [0.717, 1.165) is 17.2 Å². The summed E-state index contributed by atoms with van der Waals surface area (Å²) in [7, 11) is 0. The smallest absolute Gasteiger partial charge is 0.195 e. The minimum absolute atomic E-state index is 0.104. The Bertz CT molecular complexity index is 617. The van der Waals surface area contributed by atoms with Gasteiger partial charge < -0.3 is 5.32 Å². The molecule has 0 spiro atoms. The van der Waals surface area contributed by atoms with Gasteiger partial charge in [0.2, 0.25) is 0 Å². The van der Waals surface area contributed by atoms with E-state index >= 15 is 0 Å².